The second-order valence-corrected chi connectivity index (χ2v) is 14.5. The van der Waals surface area contributed by atoms with Crippen LogP contribution in [-0.4, -0.2) is 73.0 Å². The summed E-state index contributed by atoms with van der Waals surface area (Å²) in [5, 5.41) is 0.977. The summed E-state index contributed by atoms with van der Waals surface area (Å²) in [7, 11) is 3.61. The summed E-state index contributed by atoms with van der Waals surface area (Å²) in [4.78, 5) is 39.6. The molecule has 2 aliphatic heterocycles. The number of piperidine rings is 1. The minimum atomic E-state index is -0.305. The lowest BCUT2D eigenvalue weighted by Crippen LogP contribution is -2.41. The van der Waals surface area contributed by atoms with Gasteiger partial charge in [0.15, 0.2) is 5.82 Å². The highest BCUT2D eigenvalue weighted by Crippen LogP contribution is 2.40. The highest BCUT2D eigenvalue weighted by Gasteiger charge is 2.47. The fourth-order valence-electron chi connectivity index (χ4n) is 8.52. The van der Waals surface area contributed by atoms with Crippen molar-refractivity contribution in [1.82, 2.24) is 28.9 Å². The van der Waals surface area contributed by atoms with E-state index in [1.807, 2.05) is 46.8 Å². The fourth-order valence-corrected chi connectivity index (χ4v) is 8.52. The number of amides is 2. The number of imidazole rings is 1. The van der Waals surface area contributed by atoms with Gasteiger partial charge in [0.25, 0.3) is 5.91 Å². The molecule has 1 saturated heterocycles. The van der Waals surface area contributed by atoms with Crippen molar-refractivity contribution in [2.45, 2.75) is 64.2 Å². The number of likely N-dealkylation sites (tertiary alicyclic amines) is 1. The number of carbonyl (C=O) groups excluding carboxylic acids is 2. The smallest absolute Gasteiger partial charge is 0.254 e. The van der Waals surface area contributed by atoms with E-state index < -0.39 is 0 Å². The Balaban J connectivity index is 1.12. The third-order valence-corrected chi connectivity index (χ3v) is 11.5. The van der Waals surface area contributed by atoms with Crippen molar-refractivity contribution >= 4 is 33.9 Å². The van der Waals surface area contributed by atoms with E-state index in [1.165, 1.54) is 6.92 Å². The standard InChI is InChI=1S/C38H40FN7O3/c1-20(47)44-11-10-22-12-25(13-28(39)27(22)19-44)29-8-6-23-15-32(45(36(23)41-29)17-21-4-5-21)37-42-30-14-26(16-33(49-3)35(30)43(37)2)38(48)46-18-24-7-9-31(46)34(24)40/h6,8,12-16,21,24,31,34H,4-5,7,9-11,17-19,40H2,1-3H3. The maximum Gasteiger partial charge on any atom is 0.254 e. The van der Waals surface area contributed by atoms with Gasteiger partial charge in [0, 0.05) is 74.3 Å². The molecule has 10 nitrogen and oxygen atoms in total. The summed E-state index contributed by atoms with van der Waals surface area (Å²) in [5.74, 6) is 1.91. The summed E-state index contributed by atoms with van der Waals surface area (Å²) in [6, 6.07) is 13.5. The average Bonchev–Trinajstić information content (AvgIpc) is 3.50. The van der Waals surface area contributed by atoms with Crippen LogP contribution in [0.4, 0.5) is 4.39 Å². The number of ether oxygens (including phenoxy) is 1. The molecule has 3 atom stereocenters. The van der Waals surface area contributed by atoms with Gasteiger partial charge in [0.2, 0.25) is 5.91 Å². The molecule has 4 aliphatic rings. The fraction of sp³-hybridized carbons (Fsp3) is 0.421. The molecule has 49 heavy (non-hydrogen) atoms. The SMILES string of the molecule is COc1cc(C(=O)N2CC3CCC2C3N)cc2nc(-c3cc4ccc(-c5cc(F)c6c(c5)CCN(C(C)=O)C6)nc4n3CC3CC3)n(C)c12. The molecule has 2 saturated carbocycles. The Morgan fingerprint density at radius 3 is 2.61 bits per heavy atom. The molecule has 2 bridgehead atoms. The lowest BCUT2D eigenvalue weighted by molar-refractivity contribution is -0.129. The predicted octanol–water partition coefficient (Wildman–Crippen LogP) is 5.28. The average molecular weight is 662 g/mol. The van der Waals surface area contributed by atoms with Crippen molar-refractivity contribution < 1.29 is 18.7 Å². The van der Waals surface area contributed by atoms with E-state index in [1.54, 1.807) is 18.1 Å². The molecule has 2 aliphatic carbocycles. The molecular formula is C38H40FN7O3. The molecule has 2 N–H and O–H groups in total. The number of halogens is 1. The molecule has 5 aromatic rings. The third-order valence-electron chi connectivity index (χ3n) is 11.5. The summed E-state index contributed by atoms with van der Waals surface area (Å²) in [6.07, 6.45) is 4.97. The molecule has 252 valence electrons. The maximum absolute atomic E-state index is 15.5. The van der Waals surface area contributed by atoms with Crippen molar-refractivity contribution in [2.75, 3.05) is 20.2 Å². The molecule has 2 amide bonds. The van der Waals surface area contributed by atoms with Crippen molar-refractivity contribution in [3.63, 3.8) is 0 Å². The van der Waals surface area contributed by atoms with Gasteiger partial charge in [-0.25, -0.2) is 14.4 Å². The zero-order valence-corrected chi connectivity index (χ0v) is 28.1. The number of benzene rings is 2. The van der Waals surface area contributed by atoms with Crippen LogP contribution in [0.5, 0.6) is 5.75 Å². The molecule has 11 heteroatoms. The number of rotatable bonds is 6. The third kappa shape index (κ3) is 4.84. The number of hydrogen-bond acceptors (Lipinski definition) is 6. The van der Waals surface area contributed by atoms with Crippen LogP contribution in [-0.2, 0) is 31.4 Å². The van der Waals surface area contributed by atoms with E-state index in [4.69, 9.17) is 20.4 Å². The van der Waals surface area contributed by atoms with Gasteiger partial charge in [-0.2, -0.15) is 0 Å². The van der Waals surface area contributed by atoms with Gasteiger partial charge in [-0.1, -0.05) is 0 Å². The number of carbonyl (C=O) groups is 2. The van der Waals surface area contributed by atoms with Crippen LogP contribution in [0.2, 0.25) is 0 Å². The van der Waals surface area contributed by atoms with Crippen LogP contribution in [0.3, 0.4) is 0 Å². The van der Waals surface area contributed by atoms with Gasteiger partial charge in [-0.3, -0.25) is 9.59 Å². The number of aryl methyl sites for hydroxylation is 1. The minimum Gasteiger partial charge on any atom is -0.494 e. The Morgan fingerprint density at radius 2 is 1.90 bits per heavy atom. The number of pyridine rings is 1. The minimum absolute atomic E-state index is 0.0237. The van der Waals surface area contributed by atoms with Crippen LogP contribution in [0.15, 0.2) is 42.5 Å². The second kappa shape index (κ2) is 11.1. The van der Waals surface area contributed by atoms with Gasteiger partial charge in [0.05, 0.1) is 24.0 Å². The van der Waals surface area contributed by atoms with E-state index in [0.717, 1.165) is 71.4 Å². The topological polar surface area (TPSA) is 112 Å². The molecule has 5 heterocycles. The largest absolute Gasteiger partial charge is 0.494 e. The molecular weight excluding hydrogens is 621 g/mol. The Morgan fingerprint density at radius 1 is 1.06 bits per heavy atom. The summed E-state index contributed by atoms with van der Waals surface area (Å²) in [6.45, 7) is 3.90. The van der Waals surface area contributed by atoms with E-state index >= 15 is 4.39 Å². The molecule has 9 rings (SSSR count). The van der Waals surface area contributed by atoms with Gasteiger partial charge < -0.3 is 29.4 Å². The summed E-state index contributed by atoms with van der Waals surface area (Å²) >= 11 is 0. The van der Waals surface area contributed by atoms with E-state index in [2.05, 4.69) is 10.6 Å². The predicted molar refractivity (Wildman–Crippen MR) is 184 cm³/mol. The Hall–Kier alpha value is -4.77. The van der Waals surface area contributed by atoms with Crippen LogP contribution in [0.1, 0.15) is 54.1 Å². The van der Waals surface area contributed by atoms with Crippen molar-refractivity contribution in [1.29, 1.82) is 0 Å². The molecule has 0 radical (unpaired) electrons. The van der Waals surface area contributed by atoms with Crippen molar-refractivity contribution in [3.05, 3.63) is 65.0 Å². The van der Waals surface area contributed by atoms with Crippen LogP contribution in [0.25, 0.3) is 44.8 Å². The lowest BCUT2D eigenvalue weighted by atomic mass is 9.95. The summed E-state index contributed by atoms with van der Waals surface area (Å²) < 4.78 is 25.6. The van der Waals surface area contributed by atoms with Gasteiger partial charge >= 0.3 is 0 Å². The number of methoxy groups -OCH3 is 1. The molecule has 0 spiro atoms. The van der Waals surface area contributed by atoms with E-state index in [-0.39, 0.29) is 29.7 Å². The first kappa shape index (κ1) is 30.3. The van der Waals surface area contributed by atoms with Crippen LogP contribution < -0.4 is 10.5 Å². The number of nitrogens with two attached hydrogens (primary N) is 1. The first-order valence-corrected chi connectivity index (χ1v) is 17.4. The van der Waals surface area contributed by atoms with Gasteiger partial charge in [-0.05, 0) is 92.0 Å². The molecule has 3 unspecified atom stereocenters. The first-order valence-electron chi connectivity index (χ1n) is 17.4. The number of nitrogens with zero attached hydrogens (tertiary/aromatic N) is 6. The normalized spacial score (nSPS) is 21.6. The maximum atomic E-state index is 15.5. The molecule has 2 aromatic carbocycles. The summed E-state index contributed by atoms with van der Waals surface area (Å²) in [5.41, 5.74) is 13.2. The van der Waals surface area contributed by atoms with Crippen LogP contribution in [0, 0.1) is 17.7 Å². The number of fused-ring (bicyclic) bond motifs is 5. The highest BCUT2D eigenvalue weighted by molar-refractivity contribution is 6.00. The first-order chi connectivity index (χ1) is 23.7. The Labute approximate surface area is 283 Å². The van der Waals surface area contributed by atoms with Gasteiger partial charge in [-0.15, -0.1) is 0 Å². The number of hydrogen-bond donors (Lipinski definition) is 1. The van der Waals surface area contributed by atoms with Crippen molar-refractivity contribution in [3.8, 4) is 28.5 Å². The van der Waals surface area contributed by atoms with Crippen LogP contribution >= 0.6 is 0 Å². The number of aromatic nitrogens is 4. The van der Waals surface area contributed by atoms with Crippen molar-refractivity contribution in [2.24, 2.45) is 24.6 Å². The molecule has 3 fully saturated rings. The molecule has 3 aromatic heterocycles. The monoisotopic (exact) mass is 661 g/mol. The zero-order chi connectivity index (χ0) is 33.7. The van der Waals surface area contributed by atoms with E-state index in [9.17, 15) is 9.59 Å². The van der Waals surface area contributed by atoms with E-state index in [0.29, 0.717) is 66.0 Å². The Bertz CT molecular complexity index is 2200. The quantitative estimate of drug-likeness (QED) is 0.265. The lowest BCUT2D eigenvalue weighted by Gasteiger charge is -2.28. The second-order valence-electron chi connectivity index (χ2n) is 14.5. The Kier molecular flexibility index (Phi) is 6.88. The highest BCUT2D eigenvalue weighted by atomic mass is 19.1. The van der Waals surface area contributed by atoms with Gasteiger partial charge in [0.1, 0.15) is 22.7 Å². The zero-order valence-electron chi connectivity index (χ0n) is 28.1.